The summed E-state index contributed by atoms with van der Waals surface area (Å²) < 4.78 is 35.5. The second-order valence-electron chi connectivity index (χ2n) is 9.08. The Labute approximate surface area is 211 Å². The van der Waals surface area contributed by atoms with Crippen molar-refractivity contribution < 1.29 is 27.5 Å². The Kier molecular flexibility index (Phi) is 8.65. The third-order valence-electron chi connectivity index (χ3n) is 6.34. The van der Waals surface area contributed by atoms with Gasteiger partial charge in [-0.1, -0.05) is 17.3 Å². The van der Waals surface area contributed by atoms with Crippen LogP contribution < -0.4 is 5.32 Å². The Morgan fingerprint density at radius 1 is 1.06 bits per heavy atom. The number of methoxy groups -OCH3 is 2. The van der Waals surface area contributed by atoms with Gasteiger partial charge in [0.05, 0.1) is 34.8 Å². The summed E-state index contributed by atoms with van der Waals surface area (Å²) in [5.74, 6) is 0.206. The molecule has 1 aromatic carbocycles. The molecule has 2 aliphatic rings. The van der Waals surface area contributed by atoms with Crippen LogP contribution >= 0.6 is 0 Å². The SMILES string of the molecule is COCCCS(=O)(=O)c1ccc(C(=NO[C@@H]2CC[C@@H](OC)C2)C(=O)Nc2cnc(C3CC3)cn2)cc1. The number of anilines is 1. The number of sulfone groups is 1. The molecule has 11 heteroatoms. The minimum atomic E-state index is -3.47. The molecule has 1 N–H and O–H groups in total. The normalized spacial score (nSPS) is 20.3. The van der Waals surface area contributed by atoms with Crippen molar-refractivity contribution in [3.8, 4) is 0 Å². The van der Waals surface area contributed by atoms with Gasteiger partial charge in [0.1, 0.15) is 6.10 Å². The molecule has 0 spiro atoms. The number of hydrogen-bond acceptors (Lipinski definition) is 9. The number of nitrogens with zero attached hydrogens (tertiary/aromatic N) is 3. The predicted octanol–water partition coefficient (Wildman–Crippen LogP) is 3.09. The Morgan fingerprint density at radius 3 is 2.42 bits per heavy atom. The minimum absolute atomic E-state index is 0.0206. The van der Waals surface area contributed by atoms with Crippen LogP contribution in [0.1, 0.15) is 55.7 Å². The molecule has 0 unspecified atom stereocenters. The molecule has 2 fully saturated rings. The first-order chi connectivity index (χ1) is 17.4. The summed E-state index contributed by atoms with van der Waals surface area (Å²) in [6.07, 6.45) is 8.06. The first-order valence-electron chi connectivity index (χ1n) is 12.1. The van der Waals surface area contributed by atoms with Gasteiger partial charge in [0.15, 0.2) is 21.4 Å². The standard InChI is InChI=1S/C25H32N4O6S/c1-33-12-3-13-36(31,32)21-10-6-18(7-11-21)24(29-35-20-9-8-19(14-20)34-2)25(30)28-23-16-26-22(15-27-23)17-4-5-17/h6-7,10-11,15-17,19-20H,3-5,8-9,12-14H2,1-2H3,(H,27,28,30)/t19-,20-/m1/s1. The maximum absolute atomic E-state index is 13.2. The molecule has 194 valence electrons. The lowest BCUT2D eigenvalue weighted by Gasteiger charge is -2.12. The molecule has 1 aromatic heterocycles. The highest BCUT2D eigenvalue weighted by Gasteiger charge is 2.28. The molecule has 1 amide bonds. The lowest BCUT2D eigenvalue weighted by Crippen LogP contribution is -2.25. The van der Waals surface area contributed by atoms with Crippen molar-refractivity contribution in [2.75, 3.05) is 31.9 Å². The summed E-state index contributed by atoms with van der Waals surface area (Å²) in [6.45, 7) is 0.362. The zero-order valence-electron chi connectivity index (χ0n) is 20.6. The maximum Gasteiger partial charge on any atom is 0.279 e. The van der Waals surface area contributed by atoms with Crippen LogP contribution in [0.4, 0.5) is 5.82 Å². The van der Waals surface area contributed by atoms with E-state index in [1.54, 1.807) is 25.4 Å². The van der Waals surface area contributed by atoms with Gasteiger partial charge in [-0.15, -0.1) is 0 Å². The van der Waals surface area contributed by atoms with Gasteiger partial charge in [-0.3, -0.25) is 9.78 Å². The third kappa shape index (κ3) is 6.86. The quantitative estimate of drug-likeness (QED) is 0.259. The topological polar surface area (TPSA) is 129 Å². The molecule has 0 bridgehead atoms. The zero-order chi connectivity index (χ0) is 25.5. The fourth-order valence-electron chi connectivity index (χ4n) is 4.06. The van der Waals surface area contributed by atoms with Crippen LogP contribution in [0, 0.1) is 0 Å². The summed E-state index contributed by atoms with van der Waals surface area (Å²) in [5.41, 5.74) is 1.36. The molecule has 2 saturated carbocycles. The van der Waals surface area contributed by atoms with E-state index < -0.39 is 15.7 Å². The molecule has 10 nitrogen and oxygen atoms in total. The molecule has 0 radical (unpaired) electrons. The lowest BCUT2D eigenvalue weighted by atomic mass is 10.1. The van der Waals surface area contributed by atoms with Gasteiger partial charge in [0.2, 0.25) is 0 Å². The van der Waals surface area contributed by atoms with E-state index in [-0.39, 0.29) is 28.6 Å². The number of rotatable bonds is 12. The van der Waals surface area contributed by atoms with Crippen molar-refractivity contribution in [1.29, 1.82) is 0 Å². The number of ether oxygens (including phenoxy) is 2. The third-order valence-corrected chi connectivity index (χ3v) is 8.15. The highest BCUT2D eigenvalue weighted by atomic mass is 32.2. The van der Waals surface area contributed by atoms with E-state index >= 15 is 0 Å². The summed E-state index contributed by atoms with van der Waals surface area (Å²) in [6, 6.07) is 6.06. The highest BCUT2D eigenvalue weighted by Crippen LogP contribution is 2.38. The molecule has 2 atom stereocenters. The average Bonchev–Trinajstić information content (AvgIpc) is 3.63. The van der Waals surface area contributed by atoms with Crippen LogP contribution in [0.15, 0.2) is 46.7 Å². The second-order valence-corrected chi connectivity index (χ2v) is 11.2. The largest absolute Gasteiger partial charge is 0.392 e. The van der Waals surface area contributed by atoms with Gasteiger partial charge >= 0.3 is 0 Å². The van der Waals surface area contributed by atoms with E-state index in [4.69, 9.17) is 14.3 Å². The van der Waals surface area contributed by atoms with Crippen LogP contribution in [0.25, 0.3) is 0 Å². The van der Waals surface area contributed by atoms with E-state index in [0.29, 0.717) is 36.7 Å². The molecule has 1 heterocycles. The van der Waals surface area contributed by atoms with E-state index in [1.165, 1.54) is 25.4 Å². The predicted molar refractivity (Wildman–Crippen MR) is 134 cm³/mol. The van der Waals surface area contributed by atoms with Gasteiger partial charge in [0, 0.05) is 38.7 Å². The van der Waals surface area contributed by atoms with Crippen LogP contribution in [-0.4, -0.2) is 68.8 Å². The summed E-state index contributed by atoms with van der Waals surface area (Å²) in [7, 11) is -0.275. The number of amides is 1. The first-order valence-corrected chi connectivity index (χ1v) is 13.8. The lowest BCUT2D eigenvalue weighted by molar-refractivity contribution is -0.110. The molecule has 2 aliphatic carbocycles. The van der Waals surface area contributed by atoms with Crippen molar-refractivity contribution in [1.82, 2.24) is 9.97 Å². The summed E-state index contributed by atoms with van der Waals surface area (Å²) in [4.78, 5) is 27.7. The van der Waals surface area contributed by atoms with E-state index in [9.17, 15) is 13.2 Å². The number of benzene rings is 1. The van der Waals surface area contributed by atoms with Crippen molar-refractivity contribution in [3.63, 3.8) is 0 Å². The Balaban J connectivity index is 1.51. The summed E-state index contributed by atoms with van der Waals surface area (Å²) in [5, 5.41) is 6.91. The van der Waals surface area contributed by atoms with Crippen LogP contribution in [0.3, 0.4) is 0 Å². The number of hydrogen-bond donors (Lipinski definition) is 1. The monoisotopic (exact) mass is 516 g/mol. The zero-order valence-corrected chi connectivity index (χ0v) is 21.4. The smallest absolute Gasteiger partial charge is 0.279 e. The van der Waals surface area contributed by atoms with Gasteiger partial charge in [-0.05, 0) is 44.2 Å². The minimum Gasteiger partial charge on any atom is -0.392 e. The van der Waals surface area contributed by atoms with Crippen molar-refractivity contribution in [2.45, 2.75) is 61.5 Å². The van der Waals surface area contributed by atoms with Gasteiger partial charge < -0.3 is 19.6 Å². The molecule has 0 aliphatic heterocycles. The van der Waals surface area contributed by atoms with Gasteiger partial charge in [-0.25, -0.2) is 13.4 Å². The summed E-state index contributed by atoms with van der Waals surface area (Å²) >= 11 is 0. The molecular weight excluding hydrogens is 484 g/mol. The maximum atomic E-state index is 13.2. The molecule has 0 saturated heterocycles. The number of carbonyl (C=O) groups is 1. The fraction of sp³-hybridized carbons (Fsp3) is 0.520. The van der Waals surface area contributed by atoms with E-state index in [0.717, 1.165) is 31.4 Å². The van der Waals surface area contributed by atoms with E-state index in [1.807, 2.05) is 0 Å². The highest BCUT2D eigenvalue weighted by molar-refractivity contribution is 7.91. The fourth-order valence-corrected chi connectivity index (χ4v) is 5.35. The van der Waals surface area contributed by atoms with E-state index in [2.05, 4.69) is 20.4 Å². The van der Waals surface area contributed by atoms with Crippen LogP contribution in [0.5, 0.6) is 0 Å². The van der Waals surface area contributed by atoms with Crippen molar-refractivity contribution in [3.05, 3.63) is 47.9 Å². The van der Waals surface area contributed by atoms with Crippen LogP contribution in [-0.2, 0) is 28.9 Å². The van der Waals surface area contributed by atoms with Gasteiger partial charge in [0.25, 0.3) is 5.91 Å². The molecule has 36 heavy (non-hydrogen) atoms. The number of carbonyl (C=O) groups excluding carboxylic acids is 1. The van der Waals surface area contributed by atoms with Crippen molar-refractivity contribution in [2.24, 2.45) is 5.16 Å². The Morgan fingerprint density at radius 2 is 1.81 bits per heavy atom. The Bertz CT molecular complexity index is 1160. The first kappa shape index (κ1) is 26.2. The second kappa shape index (κ2) is 11.9. The molecule has 4 rings (SSSR count). The molecule has 2 aromatic rings. The Hall–Kier alpha value is -2.89. The van der Waals surface area contributed by atoms with Crippen LogP contribution in [0.2, 0.25) is 0 Å². The number of oxime groups is 1. The average molecular weight is 517 g/mol. The van der Waals surface area contributed by atoms with Crippen molar-refractivity contribution >= 4 is 27.3 Å². The van der Waals surface area contributed by atoms with Gasteiger partial charge in [-0.2, -0.15) is 0 Å². The molecular formula is C25H32N4O6S. The number of nitrogens with one attached hydrogen (secondary N) is 1. The number of aromatic nitrogens is 2.